The highest BCUT2D eigenvalue weighted by Crippen LogP contribution is 2.62. The van der Waals surface area contributed by atoms with E-state index >= 15 is 0 Å². The molecule has 4 amide bonds. The number of para-hydroxylation sites is 1. The van der Waals surface area contributed by atoms with Crippen LogP contribution in [0.3, 0.4) is 0 Å². The van der Waals surface area contributed by atoms with Crippen molar-refractivity contribution >= 4 is 35.3 Å². The van der Waals surface area contributed by atoms with E-state index in [2.05, 4.69) is 0 Å². The Morgan fingerprint density at radius 3 is 2.52 bits per heavy atom. The van der Waals surface area contributed by atoms with Crippen molar-refractivity contribution in [3.05, 3.63) is 77.6 Å². The molecule has 6 atom stereocenters. The number of phenolic OH excluding ortho intramolecular Hbond substituents is 1. The van der Waals surface area contributed by atoms with Gasteiger partial charge in [0.1, 0.15) is 11.5 Å². The standard InChI is InChI=1S/C36H36N2O8/c1-36-27(33(43)38(35(36)45)22-8-4-2-5-9-22)18-26-24(31(36)21-16-20-17-23(39)11-14-28(20)46-19-21)12-13-25-30(26)34(44)37(32(25)42)15-7-3-6-10-29(40)41/h2,4-5,8-9,11-12,14,17,19,25-27,30-31,39H,3,6-7,10,13,15-16,18H2,1H3,(H,40,41). The first-order chi connectivity index (χ1) is 22.1. The summed E-state index contributed by atoms with van der Waals surface area (Å²) in [7, 11) is 0. The predicted molar refractivity (Wildman–Crippen MR) is 165 cm³/mol. The molecule has 0 bridgehead atoms. The van der Waals surface area contributed by atoms with E-state index in [9.17, 15) is 29.1 Å². The number of carbonyl (C=O) groups excluding carboxylic acids is 4. The largest absolute Gasteiger partial charge is 0.508 e. The zero-order valence-corrected chi connectivity index (χ0v) is 25.6. The number of hydrogen-bond acceptors (Lipinski definition) is 7. The van der Waals surface area contributed by atoms with Crippen LogP contribution in [-0.2, 0) is 30.4 Å². The van der Waals surface area contributed by atoms with Crippen LogP contribution in [0.4, 0.5) is 5.69 Å². The minimum atomic E-state index is -1.17. The van der Waals surface area contributed by atoms with Gasteiger partial charge in [-0.05, 0) is 74.4 Å². The molecule has 46 heavy (non-hydrogen) atoms. The fourth-order valence-corrected chi connectivity index (χ4v) is 8.68. The number of allylic oxidation sites excluding steroid dienone is 3. The molecule has 3 aliphatic heterocycles. The van der Waals surface area contributed by atoms with Gasteiger partial charge in [-0.25, -0.2) is 4.90 Å². The van der Waals surface area contributed by atoms with Gasteiger partial charge in [-0.3, -0.25) is 28.9 Å². The third-order valence-corrected chi connectivity index (χ3v) is 10.8. The number of carbonyl (C=O) groups is 5. The van der Waals surface area contributed by atoms with E-state index in [1.54, 1.807) is 48.7 Å². The SMILES string of the molecule is CC12C(=O)N(c3ccccc3)C(=O)C1CC1C(=CCC3C(=O)N(CCCCCC(=O)O)C(=O)C31)C2C1=COc2ccc(O)cc2C1. The van der Waals surface area contributed by atoms with Crippen molar-refractivity contribution in [2.45, 2.75) is 51.9 Å². The summed E-state index contributed by atoms with van der Waals surface area (Å²) in [5.41, 5.74) is 1.75. The molecule has 2 aliphatic carbocycles. The number of aromatic hydroxyl groups is 1. The molecule has 2 N–H and O–H groups in total. The molecule has 10 heteroatoms. The number of unbranched alkanes of at least 4 members (excludes halogenated alkanes) is 2. The number of rotatable bonds is 8. The number of ether oxygens (including phenoxy) is 1. The monoisotopic (exact) mass is 624 g/mol. The maximum Gasteiger partial charge on any atom is 0.303 e. The van der Waals surface area contributed by atoms with Crippen molar-refractivity contribution in [3.63, 3.8) is 0 Å². The van der Waals surface area contributed by atoms with Gasteiger partial charge in [0, 0.05) is 30.9 Å². The molecule has 2 saturated heterocycles. The van der Waals surface area contributed by atoms with Crippen LogP contribution in [0.15, 0.2) is 72.0 Å². The third-order valence-electron chi connectivity index (χ3n) is 10.8. The average molecular weight is 625 g/mol. The van der Waals surface area contributed by atoms with E-state index in [0.29, 0.717) is 43.5 Å². The summed E-state index contributed by atoms with van der Waals surface area (Å²) in [6.07, 6.45) is 6.29. The molecule has 0 spiro atoms. The highest BCUT2D eigenvalue weighted by Gasteiger charge is 2.68. The van der Waals surface area contributed by atoms with Crippen molar-refractivity contribution in [3.8, 4) is 11.5 Å². The molecule has 238 valence electrons. The fourth-order valence-electron chi connectivity index (χ4n) is 8.68. The summed E-state index contributed by atoms with van der Waals surface area (Å²) in [5.74, 6) is -4.19. The van der Waals surface area contributed by atoms with Crippen LogP contribution in [0, 0.1) is 35.0 Å². The zero-order valence-electron chi connectivity index (χ0n) is 25.6. The number of carboxylic acid groups (broad SMARTS) is 1. The number of anilines is 1. The Morgan fingerprint density at radius 2 is 1.76 bits per heavy atom. The second-order valence-corrected chi connectivity index (χ2v) is 13.3. The molecule has 10 nitrogen and oxygen atoms in total. The van der Waals surface area contributed by atoms with Gasteiger partial charge < -0.3 is 14.9 Å². The van der Waals surface area contributed by atoms with Crippen LogP contribution in [0.1, 0.15) is 51.0 Å². The van der Waals surface area contributed by atoms with Crippen LogP contribution in [0.5, 0.6) is 11.5 Å². The lowest BCUT2D eigenvalue weighted by molar-refractivity contribution is -0.141. The lowest BCUT2D eigenvalue weighted by Gasteiger charge is -2.49. The Labute approximate surface area is 266 Å². The van der Waals surface area contributed by atoms with Crippen LogP contribution < -0.4 is 9.64 Å². The highest BCUT2D eigenvalue weighted by molar-refractivity contribution is 6.24. The molecule has 1 saturated carbocycles. The van der Waals surface area contributed by atoms with Gasteiger partial charge in [0.15, 0.2) is 0 Å². The Kier molecular flexibility index (Phi) is 7.33. The number of carboxylic acids is 1. The first kappa shape index (κ1) is 30.0. The smallest absolute Gasteiger partial charge is 0.303 e. The van der Waals surface area contributed by atoms with Crippen LogP contribution in [0.2, 0.25) is 0 Å². The van der Waals surface area contributed by atoms with Gasteiger partial charge in [-0.1, -0.05) is 36.3 Å². The number of phenols is 1. The molecule has 0 aromatic heterocycles. The van der Waals surface area contributed by atoms with Gasteiger partial charge in [-0.15, -0.1) is 0 Å². The Morgan fingerprint density at radius 1 is 0.978 bits per heavy atom. The first-order valence-corrected chi connectivity index (χ1v) is 16.0. The van der Waals surface area contributed by atoms with Crippen LogP contribution in [0.25, 0.3) is 0 Å². The van der Waals surface area contributed by atoms with Crippen LogP contribution in [-0.4, -0.2) is 51.3 Å². The number of aliphatic carboxylic acids is 1. The molecule has 7 rings (SSSR count). The average Bonchev–Trinajstić information content (AvgIpc) is 3.40. The first-order valence-electron chi connectivity index (χ1n) is 16.0. The lowest BCUT2D eigenvalue weighted by Crippen LogP contribution is -2.51. The van der Waals surface area contributed by atoms with E-state index in [1.807, 2.05) is 19.1 Å². The molecule has 2 aromatic carbocycles. The van der Waals surface area contributed by atoms with Crippen molar-refractivity contribution in [1.29, 1.82) is 0 Å². The third kappa shape index (κ3) is 4.56. The summed E-state index contributed by atoms with van der Waals surface area (Å²) >= 11 is 0. The predicted octanol–water partition coefficient (Wildman–Crippen LogP) is 4.62. The van der Waals surface area contributed by atoms with Crippen molar-refractivity contribution < 1.29 is 38.9 Å². The molecular weight excluding hydrogens is 588 g/mol. The molecular formula is C36H36N2O8. The molecule has 6 unspecified atom stereocenters. The van der Waals surface area contributed by atoms with Crippen molar-refractivity contribution in [2.75, 3.05) is 11.4 Å². The highest BCUT2D eigenvalue weighted by atomic mass is 16.5. The molecule has 5 aliphatic rings. The molecule has 0 radical (unpaired) electrons. The second-order valence-electron chi connectivity index (χ2n) is 13.3. The second kappa shape index (κ2) is 11.3. The number of fused-ring (bicyclic) bond motifs is 5. The van der Waals surface area contributed by atoms with E-state index in [1.165, 1.54) is 9.80 Å². The quantitative estimate of drug-likeness (QED) is 0.246. The van der Waals surface area contributed by atoms with E-state index in [4.69, 9.17) is 9.84 Å². The number of amides is 4. The van der Waals surface area contributed by atoms with Crippen molar-refractivity contribution in [2.24, 2.45) is 35.0 Å². The van der Waals surface area contributed by atoms with Crippen LogP contribution >= 0.6 is 0 Å². The van der Waals surface area contributed by atoms with Gasteiger partial charge in [-0.2, -0.15) is 0 Å². The maximum absolute atomic E-state index is 14.5. The Bertz CT molecular complexity index is 1710. The fraction of sp³-hybridized carbons (Fsp3) is 0.417. The minimum Gasteiger partial charge on any atom is -0.508 e. The minimum absolute atomic E-state index is 0.0421. The molecule has 3 heterocycles. The number of likely N-dealkylation sites (tertiary alicyclic amines) is 1. The number of hydrogen-bond donors (Lipinski definition) is 2. The lowest BCUT2D eigenvalue weighted by atomic mass is 9.51. The number of nitrogens with zero attached hydrogens (tertiary/aromatic N) is 2. The molecule has 3 fully saturated rings. The summed E-state index contributed by atoms with van der Waals surface area (Å²) in [6, 6.07) is 13.7. The summed E-state index contributed by atoms with van der Waals surface area (Å²) < 4.78 is 6.04. The molecule has 2 aromatic rings. The summed E-state index contributed by atoms with van der Waals surface area (Å²) in [5, 5.41) is 19.2. The van der Waals surface area contributed by atoms with Crippen molar-refractivity contribution in [1.82, 2.24) is 4.90 Å². The van der Waals surface area contributed by atoms with Gasteiger partial charge in [0.05, 0.1) is 35.1 Å². The maximum atomic E-state index is 14.5. The topological polar surface area (TPSA) is 142 Å². The van der Waals surface area contributed by atoms with Gasteiger partial charge >= 0.3 is 5.97 Å². The summed E-state index contributed by atoms with van der Waals surface area (Å²) in [6.45, 7) is 2.08. The normalized spacial score (nSPS) is 29.8. The zero-order chi connectivity index (χ0) is 32.3. The number of imide groups is 2. The van der Waals surface area contributed by atoms with Gasteiger partial charge in [0.2, 0.25) is 23.6 Å². The van der Waals surface area contributed by atoms with E-state index < -0.39 is 41.0 Å². The Hall–Kier alpha value is -4.73. The Balaban J connectivity index is 1.26. The van der Waals surface area contributed by atoms with E-state index in [-0.39, 0.29) is 48.8 Å². The van der Waals surface area contributed by atoms with E-state index in [0.717, 1.165) is 16.7 Å². The number of benzene rings is 2. The summed E-state index contributed by atoms with van der Waals surface area (Å²) in [4.78, 5) is 69.9. The van der Waals surface area contributed by atoms with Gasteiger partial charge in [0.25, 0.3) is 0 Å².